The zero-order valence-corrected chi connectivity index (χ0v) is 11.6. The van der Waals surface area contributed by atoms with Gasteiger partial charge in [0.05, 0.1) is 13.7 Å². The van der Waals surface area contributed by atoms with Gasteiger partial charge in [-0.2, -0.15) is 0 Å². The third kappa shape index (κ3) is 6.67. The van der Waals surface area contributed by atoms with Gasteiger partial charge in [-0.3, -0.25) is 4.79 Å². The van der Waals surface area contributed by atoms with Gasteiger partial charge in [0.2, 0.25) is 5.91 Å². The van der Waals surface area contributed by atoms with Crippen molar-refractivity contribution in [3.05, 3.63) is 24.3 Å². The van der Waals surface area contributed by atoms with Crippen LogP contribution in [0.2, 0.25) is 0 Å². The molecule has 0 atom stereocenters. The summed E-state index contributed by atoms with van der Waals surface area (Å²) in [5.41, 5.74) is 0. The Hall–Kier alpha value is -1.75. The number of ether oxygens (including phenoxy) is 2. The van der Waals surface area contributed by atoms with E-state index in [1.54, 1.807) is 7.11 Å². The Morgan fingerprint density at radius 2 is 1.84 bits per heavy atom. The maximum absolute atomic E-state index is 11.3. The van der Waals surface area contributed by atoms with Crippen molar-refractivity contribution in [2.45, 2.75) is 13.3 Å². The van der Waals surface area contributed by atoms with Gasteiger partial charge in [0.25, 0.3) is 0 Å². The van der Waals surface area contributed by atoms with Crippen molar-refractivity contribution in [1.82, 2.24) is 10.6 Å². The summed E-state index contributed by atoms with van der Waals surface area (Å²) in [7, 11) is 1.63. The Morgan fingerprint density at radius 3 is 2.47 bits per heavy atom. The van der Waals surface area contributed by atoms with Crippen molar-refractivity contribution in [1.29, 1.82) is 0 Å². The molecule has 0 unspecified atom stereocenters. The molecule has 5 heteroatoms. The lowest BCUT2D eigenvalue weighted by atomic mass is 10.3. The van der Waals surface area contributed by atoms with E-state index < -0.39 is 0 Å². The van der Waals surface area contributed by atoms with Gasteiger partial charge < -0.3 is 20.1 Å². The van der Waals surface area contributed by atoms with Gasteiger partial charge in [-0.1, -0.05) is 6.92 Å². The number of hydrogen-bond acceptors (Lipinski definition) is 4. The van der Waals surface area contributed by atoms with E-state index in [-0.39, 0.29) is 5.91 Å². The molecule has 106 valence electrons. The first-order valence-corrected chi connectivity index (χ1v) is 6.50. The lowest BCUT2D eigenvalue weighted by molar-refractivity contribution is -0.120. The second-order valence-corrected chi connectivity index (χ2v) is 4.05. The molecule has 0 aliphatic rings. The predicted octanol–water partition coefficient (Wildman–Crippen LogP) is 1.19. The average molecular weight is 266 g/mol. The molecule has 0 bridgehead atoms. The lowest BCUT2D eigenvalue weighted by Crippen LogP contribution is -2.35. The van der Waals surface area contributed by atoms with Crippen LogP contribution in [0.3, 0.4) is 0 Å². The topological polar surface area (TPSA) is 59.6 Å². The van der Waals surface area contributed by atoms with Crippen LogP contribution in [-0.2, 0) is 4.79 Å². The minimum absolute atomic E-state index is 0.0197. The molecule has 19 heavy (non-hydrogen) atoms. The summed E-state index contributed by atoms with van der Waals surface area (Å²) in [5, 5.41) is 5.82. The minimum Gasteiger partial charge on any atom is -0.497 e. The maximum Gasteiger partial charge on any atom is 0.233 e. The molecular weight excluding hydrogens is 244 g/mol. The highest BCUT2D eigenvalue weighted by atomic mass is 16.5. The highest BCUT2D eigenvalue weighted by molar-refractivity contribution is 5.77. The van der Waals surface area contributed by atoms with E-state index in [0.717, 1.165) is 24.5 Å². The first-order chi connectivity index (χ1) is 9.26. The molecule has 0 aliphatic carbocycles. The fraction of sp³-hybridized carbons (Fsp3) is 0.500. The van der Waals surface area contributed by atoms with Crippen LogP contribution < -0.4 is 20.1 Å². The highest BCUT2D eigenvalue weighted by Crippen LogP contribution is 2.16. The summed E-state index contributed by atoms with van der Waals surface area (Å²) in [4.78, 5) is 11.3. The summed E-state index contributed by atoms with van der Waals surface area (Å²) in [5.74, 6) is 1.61. The van der Waals surface area contributed by atoms with Crippen molar-refractivity contribution >= 4 is 5.91 Å². The molecule has 0 saturated heterocycles. The second kappa shape index (κ2) is 9.22. The number of carbonyl (C=O) groups is 1. The van der Waals surface area contributed by atoms with Gasteiger partial charge in [-0.15, -0.1) is 0 Å². The normalized spacial score (nSPS) is 10.0. The maximum atomic E-state index is 11.3. The average Bonchev–Trinajstić information content (AvgIpc) is 2.45. The smallest absolute Gasteiger partial charge is 0.233 e. The Kier molecular flexibility index (Phi) is 7.43. The van der Waals surface area contributed by atoms with Crippen LogP contribution in [0.5, 0.6) is 11.5 Å². The summed E-state index contributed by atoms with van der Waals surface area (Å²) < 4.78 is 10.6. The standard InChI is InChI=1S/C14H22N2O3/c1-3-8-16-14(17)11-15-9-10-19-13-6-4-12(18-2)5-7-13/h4-7,15H,3,8-11H2,1-2H3,(H,16,17). The Bertz CT molecular complexity index is 365. The number of rotatable bonds is 9. The Balaban J connectivity index is 2.08. The fourth-order valence-electron chi connectivity index (χ4n) is 1.44. The van der Waals surface area contributed by atoms with Crippen molar-refractivity contribution in [2.24, 2.45) is 0 Å². The van der Waals surface area contributed by atoms with E-state index in [1.807, 2.05) is 31.2 Å². The van der Waals surface area contributed by atoms with Crippen LogP contribution >= 0.6 is 0 Å². The molecule has 1 amide bonds. The summed E-state index contributed by atoms with van der Waals surface area (Å²) in [6, 6.07) is 7.40. The molecule has 0 aliphatic heterocycles. The molecule has 1 aromatic carbocycles. The third-order valence-electron chi connectivity index (χ3n) is 2.46. The molecule has 1 rings (SSSR count). The number of hydrogen-bond donors (Lipinski definition) is 2. The van der Waals surface area contributed by atoms with Crippen LogP contribution in [0.15, 0.2) is 24.3 Å². The van der Waals surface area contributed by atoms with Gasteiger partial charge in [0, 0.05) is 13.1 Å². The van der Waals surface area contributed by atoms with Gasteiger partial charge in [-0.05, 0) is 30.7 Å². The second-order valence-electron chi connectivity index (χ2n) is 4.05. The summed E-state index contributed by atoms with van der Waals surface area (Å²) in [6.07, 6.45) is 0.951. The molecule has 0 radical (unpaired) electrons. The summed E-state index contributed by atoms with van der Waals surface area (Å²) >= 11 is 0. The lowest BCUT2D eigenvalue weighted by Gasteiger charge is -2.08. The van der Waals surface area contributed by atoms with Crippen LogP contribution in [0.1, 0.15) is 13.3 Å². The quantitative estimate of drug-likeness (QED) is 0.659. The first-order valence-electron chi connectivity index (χ1n) is 6.50. The predicted molar refractivity (Wildman–Crippen MR) is 74.7 cm³/mol. The van der Waals surface area contributed by atoms with E-state index in [2.05, 4.69) is 10.6 Å². The number of methoxy groups -OCH3 is 1. The molecule has 0 saturated carbocycles. The van der Waals surface area contributed by atoms with E-state index in [0.29, 0.717) is 19.7 Å². The number of benzene rings is 1. The van der Waals surface area contributed by atoms with Crippen molar-refractivity contribution in [3.63, 3.8) is 0 Å². The Labute approximate surface area is 114 Å². The van der Waals surface area contributed by atoms with E-state index in [9.17, 15) is 4.79 Å². The molecule has 0 spiro atoms. The van der Waals surface area contributed by atoms with Crippen LogP contribution in [0, 0.1) is 0 Å². The Morgan fingerprint density at radius 1 is 1.16 bits per heavy atom. The zero-order chi connectivity index (χ0) is 13.9. The van der Waals surface area contributed by atoms with E-state index >= 15 is 0 Å². The highest BCUT2D eigenvalue weighted by Gasteiger charge is 1.99. The molecule has 0 heterocycles. The molecule has 0 fully saturated rings. The van der Waals surface area contributed by atoms with Gasteiger partial charge >= 0.3 is 0 Å². The zero-order valence-electron chi connectivity index (χ0n) is 11.6. The number of nitrogens with one attached hydrogen (secondary N) is 2. The molecular formula is C14H22N2O3. The molecule has 2 N–H and O–H groups in total. The van der Waals surface area contributed by atoms with Gasteiger partial charge in [0.1, 0.15) is 18.1 Å². The van der Waals surface area contributed by atoms with E-state index in [1.165, 1.54) is 0 Å². The van der Waals surface area contributed by atoms with Crippen molar-refractivity contribution < 1.29 is 14.3 Å². The largest absolute Gasteiger partial charge is 0.497 e. The SMILES string of the molecule is CCCNC(=O)CNCCOc1ccc(OC)cc1. The molecule has 0 aromatic heterocycles. The van der Waals surface area contributed by atoms with Crippen molar-refractivity contribution in [2.75, 3.05) is 33.4 Å². The molecule has 5 nitrogen and oxygen atoms in total. The minimum atomic E-state index is 0.0197. The van der Waals surface area contributed by atoms with Crippen molar-refractivity contribution in [3.8, 4) is 11.5 Å². The number of amides is 1. The first kappa shape index (κ1) is 15.3. The number of carbonyl (C=O) groups excluding carboxylic acids is 1. The van der Waals surface area contributed by atoms with E-state index in [4.69, 9.17) is 9.47 Å². The summed E-state index contributed by atoms with van der Waals surface area (Å²) in [6.45, 7) is 4.23. The monoisotopic (exact) mass is 266 g/mol. The molecule has 1 aromatic rings. The fourth-order valence-corrected chi connectivity index (χ4v) is 1.44. The van der Waals surface area contributed by atoms with Gasteiger partial charge in [-0.25, -0.2) is 0 Å². The van der Waals surface area contributed by atoms with Gasteiger partial charge in [0.15, 0.2) is 0 Å². The van der Waals surface area contributed by atoms with Crippen LogP contribution in [-0.4, -0.2) is 39.3 Å². The van der Waals surface area contributed by atoms with Crippen LogP contribution in [0.25, 0.3) is 0 Å². The third-order valence-corrected chi connectivity index (χ3v) is 2.46. The van der Waals surface area contributed by atoms with Crippen LogP contribution in [0.4, 0.5) is 0 Å².